The number of rotatable bonds is 2. The predicted octanol–water partition coefficient (Wildman–Crippen LogP) is 10.4. The molecular weight excluding hydrogens is 531 g/mol. The Morgan fingerprint density at radius 2 is 1.26 bits per heavy atom. The lowest BCUT2D eigenvalue weighted by Gasteiger charge is -2.12. The number of hydrogen-bond acceptors (Lipinski definition) is 2. The van der Waals surface area contributed by atoms with Crippen molar-refractivity contribution in [3.05, 3.63) is 132 Å². The molecule has 0 aliphatic carbocycles. The Morgan fingerprint density at radius 1 is 0.571 bits per heavy atom. The molecule has 9 rings (SSSR count). The van der Waals surface area contributed by atoms with Crippen LogP contribution in [-0.2, 0) is 0 Å². The summed E-state index contributed by atoms with van der Waals surface area (Å²) in [4.78, 5) is 0. The van der Waals surface area contributed by atoms with Gasteiger partial charge in [-0.3, -0.25) is 0 Å². The van der Waals surface area contributed by atoms with E-state index in [2.05, 4.69) is 131 Å². The van der Waals surface area contributed by atoms with Crippen molar-refractivity contribution in [1.29, 1.82) is 5.26 Å². The van der Waals surface area contributed by atoms with Crippen LogP contribution < -0.4 is 0 Å². The van der Waals surface area contributed by atoms with Crippen molar-refractivity contribution >= 4 is 75.1 Å². The van der Waals surface area contributed by atoms with Gasteiger partial charge in [-0.15, -0.1) is 11.3 Å². The summed E-state index contributed by atoms with van der Waals surface area (Å²) in [7, 11) is 0. The number of benzene rings is 6. The van der Waals surface area contributed by atoms with Crippen molar-refractivity contribution < 1.29 is 0 Å². The maximum atomic E-state index is 10.0. The Hall–Kier alpha value is -5.37. The van der Waals surface area contributed by atoms with E-state index in [1.54, 1.807) is 11.3 Å². The maximum absolute atomic E-state index is 10.0. The van der Waals surface area contributed by atoms with Gasteiger partial charge in [-0.1, -0.05) is 66.7 Å². The molecule has 0 radical (unpaired) electrons. The number of aromatic nitrogens is 2. The quantitative estimate of drug-likeness (QED) is 0.210. The zero-order chi connectivity index (χ0) is 27.9. The van der Waals surface area contributed by atoms with Crippen molar-refractivity contribution in [1.82, 2.24) is 9.13 Å². The first-order chi connectivity index (χ1) is 20.7. The van der Waals surface area contributed by atoms with Gasteiger partial charge in [0.15, 0.2) is 0 Å². The second-order valence-electron chi connectivity index (χ2n) is 11.0. The van der Waals surface area contributed by atoms with Gasteiger partial charge >= 0.3 is 0 Å². The summed E-state index contributed by atoms with van der Waals surface area (Å²) in [5.74, 6) is 0. The lowest BCUT2D eigenvalue weighted by Crippen LogP contribution is -1.96. The Morgan fingerprint density at radius 3 is 2.10 bits per heavy atom. The van der Waals surface area contributed by atoms with Crippen LogP contribution in [-0.4, -0.2) is 9.13 Å². The number of aryl methyl sites for hydroxylation is 1. The van der Waals surface area contributed by atoms with E-state index in [0.717, 1.165) is 27.8 Å². The van der Waals surface area contributed by atoms with Crippen molar-refractivity contribution in [2.45, 2.75) is 6.92 Å². The van der Waals surface area contributed by atoms with E-state index in [9.17, 15) is 5.26 Å². The maximum Gasteiger partial charge on any atom is 0.0992 e. The molecule has 0 N–H and O–H groups in total. The fourth-order valence-electron chi connectivity index (χ4n) is 6.88. The highest BCUT2D eigenvalue weighted by molar-refractivity contribution is 7.26. The zero-order valence-electron chi connectivity index (χ0n) is 22.8. The van der Waals surface area contributed by atoms with Gasteiger partial charge in [-0.2, -0.15) is 5.26 Å². The first kappa shape index (κ1) is 23.3. The molecule has 3 aromatic heterocycles. The number of para-hydroxylation sites is 2. The average Bonchev–Trinajstić information content (AvgIpc) is 3.68. The summed E-state index contributed by atoms with van der Waals surface area (Å²) in [6.45, 7) is 2.19. The van der Waals surface area contributed by atoms with Gasteiger partial charge in [0.25, 0.3) is 0 Å². The summed E-state index contributed by atoms with van der Waals surface area (Å²) in [5.41, 5.74) is 8.83. The SMILES string of the molecule is Cc1cccc2c1c1ccccc1n2-c1ccc2c(c1)c1ccccc1n2-c1cc(C#N)cc2c1sc1ccccc12. The molecule has 0 amide bonds. The lowest BCUT2D eigenvalue weighted by molar-refractivity contribution is 1.17. The molecule has 196 valence electrons. The van der Waals surface area contributed by atoms with Crippen LogP contribution in [0.2, 0.25) is 0 Å². The van der Waals surface area contributed by atoms with Crippen LogP contribution in [0, 0.1) is 18.3 Å². The van der Waals surface area contributed by atoms with Gasteiger partial charge in [0.2, 0.25) is 0 Å². The van der Waals surface area contributed by atoms with Crippen LogP contribution in [0.1, 0.15) is 11.1 Å². The fraction of sp³-hybridized carbons (Fsp3) is 0.0263. The summed E-state index contributed by atoms with van der Waals surface area (Å²) in [6, 6.07) is 45.7. The molecular formula is C38H23N3S. The lowest BCUT2D eigenvalue weighted by atomic mass is 10.1. The summed E-state index contributed by atoms with van der Waals surface area (Å²) >= 11 is 1.79. The number of nitrogens with zero attached hydrogens (tertiary/aromatic N) is 3. The molecule has 3 heterocycles. The molecule has 0 saturated carbocycles. The number of thiophene rings is 1. The van der Waals surface area contributed by atoms with E-state index in [4.69, 9.17) is 0 Å². The standard InChI is InChI=1S/C38H23N3S/c1-23-9-8-15-34-37(23)28-12-3-6-14-32(28)40(34)25-17-18-33-29(21-25)26-10-2-5-13-31(26)41(33)35-20-24(22-39)19-30-27-11-4-7-16-36(27)42-38(30)35/h2-21H,1H3. The van der Waals surface area contributed by atoms with E-state index in [1.807, 2.05) is 12.1 Å². The molecule has 4 heteroatoms. The van der Waals surface area contributed by atoms with Crippen LogP contribution in [0.5, 0.6) is 0 Å². The molecule has 6 aromatic carbocycles. The van der Waals surface area contributed by atoms with Crippen molar-refractivity contribution in [3.8, 4) is 17.4 Å². The van der Waals surface area contributed by atoms with E-state index < -0.39 is 0 Å². The average molecular weight is 554 g/mol. The minimum atomic E-state index is 0.671. The van der Waals surface area contributed by atoms with E-state index in [1.165, 1.54) is 52.9 Å². The smallest absolute Gasteiger partial charge is 0.0992 e. The monoisotopic (exact) mass is 553 g/mol. The topological polar surface area (TPSA) is 33.6 Å². The van der Waals surface area contributed by atoms with Crippen LogP contribution in [0.15, 0.2) is 121 Å². The summed E-state index contributed by atoms with van der Waals surface area (Å²) < 4.78 is 7.17. The second kappa shape index (κ2) is 8.57. The molecule has 0 saturated heterocycles. The third kappa shape index (κ3) is 3.09. The Bertz CT molecular complexity index is 2600. The Kier molecular flexibility index (Phi) is 4.76. The largest absolute Gasteiger partial charge is 0.309 e. The minimum Gasteiger partial charge on any atom is -0.309 e. The van der Waals surface area contributed by atoms with Gasteiger partial charge in [0.05, 0.1) is 44.1 Å². The Balaban J connectivity index is 1.39. The van der Waals surface area contributed by atoms with E-state index >= 15 is 0 Å². The van der Waals surface area contributed by atoms with E-state index in [-0.39, 0.29) is 0 Å². The highest BCUT2D eigenvalue weighted by atomic mass is 32.1. The molecule has 9 aromatic rings. The van der Waals surface area contributed by atoms with Crippen molar-refractivity contribution in [2.75, 3.05) is 0 Å². The molecule has 0 atom stereocenters. The molecule has 0 aliphatic heterocycles. The summed E-state index contributed by atoms with van der Waals surface area (Å²) in [5, 5.41) is 17.3. The van der Waals surface area contributed by atoms with Crippen molar-refractivity contribution in [2.24, 2.45) is 0 Å². The van der Waals surface area contributed by atoms with Crippen LogP contribution in [0.25, 0.3) is 75.2 Å². The fourth-order valence-corrected chi connectivity index (χ4v) is 8.06. The zero-order valence-corrected chi connectivity index (χ0v) is 23.6. The number of nitriles is 1. The van der Waals surface area contributed by atoms with Gasteiger partial charge in [0, 0.05) is 42.7 Å². The van der Waals surface area contributed by atoms with Gasteiger partial charge in [0.1, 0.15) is 0 Å². The highest BCUT2D eigenvalue weighted by Gasteiger charge is 2.19. The Labute approximate surface area is 245 Å². The number of fused-ring (bicyclic) bond motifs is 9. The van der Waals surface area contributed by atoms with Crippen LogP contribution >= 0.6 is 11.3 Å². The minimum absolute atomic E-state index is 0.671. The predicted molar refractivity (Wildman–Crippen MR) is 177 cm³/mol. The first-order valence-electron chi connectivity index (χ1n) is 14.1. The molecule has 0 fully saturated rings. The van der Waals surface area contributed by atoms with Crippen LogP contribution in [0.3, 0.4) is 0 Å². The molecule has 0 unspecified atom stereocenters. The molecule has 42 heavy (non-hydrogen) atoms. The third-order valence-corrected chi connectivity index (χ3v) is 9.86. The van der Waals surface area contributed by atoms with Gasteiger partial charge in [-0.05, 0) is 67.1 Å². The van der Waals surface area contributed by atoms with Gasteiger partial charge in [-0.25, -0.2) is 0 Å². The molecule has 0 aliphatic rings. The highest BCUT2D eigenvalue weighted by Crippen LogP contribution is 2.42. The molecule has 3 nitrogen and oxygen atoms in total. The van der Waals surface area contributed by atoms with Gasteiger partial charge < -0.3 is 9.13 Å². The summed E-state index contributed by atoms with van der Waals surface area (Å²) in [6.07, 6.45) is 0. The first-order valence-corrected chi connectivity index (χ1v) is 14.9. The molecule has 0 bridgehead atoms. The van der Waals surface area contributed by atoms with Crippen molar-refractivity contribution in [3.63, 3.8) is 0 Å². The normalized spacial score (nSPS) is 11.9. The van der Waals surface area contributed by atoms with E-state index in [0.29, 0.717) is 5.56 Å². The van der Waals surface area contributed by atoms with Crippen LogP contribution in [0.4, 0.5) is 0 Å². The molecule has 0 spiro atoms. The third-order valence-electron chi connectivity index (χ3n) is 8.65. The second-order valence-corrected chi connectivity index (χ2v) is 12.0. The number of hydrogen-bond donors (Lipinski definition) is 0.